The molecule has 148 valence electrons. The van der Waals surface area contributed by atoms with E-state index in [1.807, 2.05) is 28.8 Å². The Morgan fingerprint density at radius 1 is 1.32 bits per heavy atom. The van der Waals surface area contributed by atoms with Crippen LogP contribution in [0.25, 0.3) is 11.4 Å². The third kappa shape index (κ3) is 5.34. The second kappa shape index (κ2) is 9.72. The van der Waals surface area contributed by atoms with E-state index in [9.17, 15) is 4.79 Å². The van der Waals surface area contributed by atoms with E-state index in [1.54, 1.807) is 20.1 Å². The fourth-order valence-corrected chi connectivity index (χ4v) is 3.40. The number of anilines is 1. The Labute approximate surface area is 171 Å². The maximum atomic E-state index is 12.2. The summed E-state index contributed by atoms with van der Waals surface area (Å²) in [5.74, 6) is 1.73. The Hall–Kier alpha value is -2.36. The summed E-state index contributed by atoms with van der Waals surface area (Å²) in [5, 5.41) is 16.3. The summed E-state index contributed by atoms with van der Waals surface area (Å²) in [5.41, 5.74) is 0.906. The summed E-state index contributed by atoms with van der Waals surface area (Å²) >= 11 is 7.29. The number of amides is 1. The maximum absolute atomic E-state index is 12.2. The van der Waals surface area contributed by atoms with Gasteiger partial charge in [0.25, 0.3) is 0 Å². The van der Waals surface area contributed by atoms with E-state index in [0.29, 0.717) is 34.9 Å². The molecule has 28 heavy (non-hydrogen) atoms. The van der Waals surface area contributed by atoms with E-state index in [4.69, 9.17) is 20.9 Å². The van der Waals surface area contributed by atoms with Crippen molar-refractivity contribution in [2.75, 3.05) is 24.8 Å². The molecule has 2 aromatic heterocycles. The smallest absolute Gasteiger partial charge is 0.236 e. The third-order valence-electron chi connectivity index (χ3n) is 3.78. The molecule has 0 bridgehead atoms. The molecule has 8 nitrogen and oxygen atoms in total. The van der Waals surface area contributed by atoms with E-state index >= 15 is 0 Å². The molecular formula is C18H20ClN5O3S. The number of benzene rings is 1. The Morgan fingerprint density at radius 3 is 2.79 bits per heavy atom. The standard InChI is InChI=1S/C18H20ClN5O3S/c1-12-10-15(23-27-12)20-16(25)11-28-18-22-21-17(24(18)8-3-9-26-2)13-4-6-14(19)7-5-13/h4-7,10H,3,8-9,11H2,1-2H3,(H,20,23,25). The lowest BCUT2D eigenvalue weighted by Gasteiger charge is -2.10. The number of rotatable bonds is 9. The molecule has 0 aliphatic heterocycles. The van der Waals surface area contributed by atoms with Crippen LogP contribution in [-0.4, -0.2) is 45.3 Å². The Balaban J connectivity index is 1.72. The first-order chi connectivity index (χ1) is 13.6. The first kappa shape index (κ1) is 20.4. The minimum Gasteiger partial charge on any atom is -0.385 e. The fourth-order valence-electron chi connectivity index (χ4n) is 2.51. The summed E-state index contributed by atoms with van der Waals surface area (Å²) in [4.78, 5) is 12.2. The first-order valence-electron chi connectivity index (χ1n) is 8.61. The van der Waals surface area contributed by atoms with Gasteiger partial charge in [-0.3, -0.25) is 4.79 Å². The highest BCUT2D eigenvalue weighted by molar-refractivity contribution is 7.99. The van der Waals surface area contributed by atoms with Crippen LogP contribution in [0.5, 0.6) is 0 Å². The van der Waals surface area contributed by atoms with E-state index in [0.717, 1.165) is 17.8 Å². The molecule has 0 unspecified atom stereocenters. The lowest BCUT2D eigenvalue weighted by Crippen LogP contribution is -2.15. The number of hydrogen-bond acceptors (Lipinski definition) is 7. The number of carbonyl (C=O) groups excluding carboxylic acids is 1. The van der Waals surface area contributed by atoms with Crippen molar-refractivity contribution in [3.05, 3.63) is 41.1 Å². The number of aromatic nitrogens is 4. The lowest BCUT2D eigenvalue weighted by atomic mass is 10.2. The van der Waals surface area contributed by atoms with Crippen LogP contribution >= 0.6 is 23.4 Å². The van der Waals surface area contributed by atoms with Gasteiger partial charge in [-0.2, -0.15) is 0 Å². The zero-order valence-corrected chi connectivity index (χ0v) is 17.1. The molecule has 0 aliphatic rings. The first-order valence-corrected chi connectivity index (χ1v) is 9.97. The molecule has 0 atom stereocenters. The van der Waals surface area contributed by atoms with Crippen molar-refractivity contribution >= 4 is 35.1 Å². The predicted octanol–water partition coefficient (Wildman–Crippen LogP) is 3.66. The van der Waals surface area contributed by atoms with Gasteiger partial charge in [-0.25, -0.2) is 0 Å². The molecule has 0 saturated carbocycles. The van der Waals surface area contributed by atoms with Gasteiger partial charge < -0.3 is 19.1 Å². The molecule has 1 aromatic carbocycles. The van der Waals surface area contributed by atoms with Gasteiger partial charge >= 0.3 is 0 Å². The van der Waals surface area contributed by atoms with Gasteiger partial charge in [0.15, 0.2) is 16.8 Å². The summed E-state index contributed by atoms with van der Waals surface area (Å²) in [7, 11) is 1.66. The largest absolute Gasteiger partial charge is 0.385 e. The lowest BCUT2D eigenvalue weighted by molar-refractivity contribution is -0.113. The second-order valence-corrected chi connectivity index (χ2v) is 7.35. The molecule has 0 fully saturated rings. The van der Waals surface area contributed by atoms with Gasteiger partial charge in [-0.15, -0.1) is 10.2 Å². The Bertz CT molecular complexity index is 926. The van der Waals surface area contributed by atoms with Crippen molar-refractivity contribution in [3.63, 3.8) is 0 Å². The van der Waals surface area contributed by atoms with Crippen molar-refractivity contribution in [2.24, 2.45) is 0 Å². The van der Waals surface area contributed by atoms with Crippen LogP contribution < -0.4 is 5.32 Å². The number of hydrogen-bond donors (Lipinski definition) is 1. The second-order valence-electron chi connectivity index (χ2n) is 5.97. The number of aryl methyl sites for hydroxylation is 1. The zero-order chi connectivity index (χ0) is 19.9. The molecule has 0 spiro atoms. The third-order valence-corrected chi connectivity index (χ3v) is 5.00. The minimum absolute atomic E-state index is 0.176. The Kier molecular flexibility index (Phi) is 7.07. The predicted molar refractivity (Wildman–Crippen MR) is 108 cm³/mol. The SMILES string of the molecule is COCCCn1c(SCC(=O)Nc2cc(C)on2)nnc1-c1ccc(Cl)cc1. The summed E-state index contributed by atoms with van der Waals surface area (Å²) in [6, 6.07) is 9.07. The summed E-state index contributed by atoms with van der Waals surface area (Å²) < 4.78 is 12.1. The Morgan fingerprint density at radius 2 is 2.11 bits per heavy atom. The zero-order valence-electron chi connectivity index (χ0n) is 15.5. The van der Waals surface area contributed by atoms with Crippen LogP contribution in [0.2, 0.25) is 5.02 Å². The van der Waals surface area contributed by atoms with Crippen LogP contribution in [0.4, 0.5) is 5.82 Å². The van der Waals surface area contributed by atoms with Gasteiger partial charge in [0.05, 0.1) is 5.75 Å². The molecule has 0 saturated heterocycles. The van der Waals surface area contributed by atoms with Gasteiger partial charge in [0.2, 0.25) is 5.91 Å². The summed E-state index contributed by atoms with van der Waals surface area (Å²) in [6.07, 6.45) is 0.799. The summed E-state index contributed by atoms with van der Waals surface area (Å²) in [6.45, 7) is 3.05. The number of thioether (sulfide) groups is 1. The van der Waals surface area contributed by atoms with Crippen molar-refractivity contribution in [2.45, 2.75) is 25.0 Å². The number of ether oxygens (including phenoxy) is 1. The topological polar surface area (TPSA) is 95.1 Å². The highest BCUT2D eigenvalue weighted by Gasteiger charge is 2.16. The monoisotopic (exact) mass is 421 g/mol. The number of halogens is 1. The number of methoxy groups -OCH3 is 1. The van der Waals surface area contributed by atoms with E-state index < -0.39 is 0 Å². The highest BCUT2D eigenvalue weighted by atomic mass is 35.5. The van der Waals surface area contributed by atoms with Gasteiger partial charge in [-0.05, 0) is 37.6 Å². The molecule has 1 amide bonds. The average molecular weight is 422 g/mol. The van der Waals surface area contributed by atoms with E-state index in [-0.39, 0.29) is 11.7 Å². The maximum Gasteiger partial charge on any atom is 0.236 e. The number of nitrogens with one attached hydrogen (secondary N) is 1. The normalized spacial score (nSPS) is 11.0. The van der Waals surface area contributed by atoms with Crippen LogP contribution in [0, 0.1) is 6.92 Å². The molecule has 3 aromatic rings. The molecule has 10 heteroatoms. The molecule has 2 heterocycles. The average Bonchev–Trinajstić information content (AvgIpc) is 3.27. The molecular weight excluding hydrogens is 402 g/mol. The van der Waals surface area contributed by atoms with Crippen LogP contribution in [0.15, 0.2) is 40.0 Å². The molecule has 3 rings (SSSR count). The van der Waals surface area contributed by atoms with E-state index in [2.05, 4.69) is 20.7 Å². The molecule has 1 N–H and O–H groups in total. The van der Waals surface area contributed by atoms with Gasteiger partial charge in [0, 0.05) is 36.9 Å². The quantitative estimate of drug-likeness (QED) is 0.416. The van der Waals surface area contributed by atoms with Crippen molar-refractivity contribution in [1.29, 1.82) is 0 Å². The van der Waals surface area contributed by atoms with Crippen LogP contribution in [-0.2, 0) is 16.1 Å². The minimum atomic E-state index is -0.196. The van der Waals surface area contributed by atoms with E-state index in [1.165, 1.54) is 11.8 Å². The van der Waals surface area contributed by atoms with Crippen molar-refractivity contribution in [1.82, 2.24) is 19.9 Å². The van der Waals surface area contributed by atoms with Crippen molar-refractivity contribution in [3.8, 4) is 11.4 Å². The van der Waals surface area contributed by atoms with Crippen LogP contribution in [0.1, 0.15) is 12.2 Å². The van der Waals surface area contributed by atoms with Gasteiger partial charge in [-0.1, -0.05) is 28.5 Å². The molecule has 0 radical (unpaired) electrons. The highest BCUT2D eigenvalue weighted by Crippen LogP contribution is 2.25. The number of nitrogens with zero attached hydrogens (tertiary/aromatic N) is 4. The van der Waals surface area contributed by atoms with Gasteiger partial charge in [0.1, 0.15) is 5.76 Å². The van der Waals surface area contributed by atoms with Crippen molar-refractivity contribution < 1.29 is 14.1 Å². The molecule has 0 aliphatic carbocycles. The number of carbonyl (C=O) groups is 1. The van der Waals surface area contributed by atoms with Crippen LogP contribution in [0.3, 0.4) is 0 Å². The fraction of sp³-hybridized carbons (Fsp3) is 0.333.